The first-order valence-corrected chi connectivity index (χ1v) is 8.43. The molecule has 21 heavy (non-hydrogen) atoms. The second-order valence-electron chi connectivity index (χ2n) is 6.26. The van der Waals surface area contributed by atoms with Gasteiger partial charge in [0.25, 0.3) is 0 Å². The van der Waals surface area contributed by atoms with Crippen LogP contribution in [-0.2, 0) is 6.54 Å². The molecule has 0 saturated carbocycles. The normalized spacial score (nSPS) is 25.9. The third-order valence-corrected chi connectivity index (χ3v) is 5.74. The molecule has 0 amide bonds. The SMILES string of the molecule is c1cc(-c2ncc(CN3CCC4(CCNC4)C3)s2)ccn1. The summed E-state index contributed by atoms with van der Waals surface area (Å²) in [4.78, 5) is 12.6. The fourth-order valence-electron chi connectivity index (χ4n) is 3.54. The highest BCUT2D eigenvalue weighted by molar-refractivity contribution is 7.15. The lowest BCUT2D eigenvalue weighted by atomic mass is 9.87. The molecule has 1 unspecified atom stereocenters. The summed E-state index contributed by atoms with van der Waals surface area (Å²) in [6.07, 6.45) is 8.38. The van der Waals surface area contributed by atoms with Crippen molar-refractivity contribution < 1.29 is 0 Å². The van der Waals surface area contributed by atoms with Gasteiger partial charge < -0.3 is 5.32 Å². The summed E-state index contributed by atoms with van der Waals surface area (Å²) >= 11 is 1.81. The van der Waals surface area contributed by atoms with E-state index in [-0.39, 0.29) is 0 Å². The maximum Gasteiger partial charge on any atom is 0.123 e. The van der Waals surface area contributed by atoms with Crippen molar-refractivity contribution >= 4 is 11.3 Å². The van der Waals surface area contributed by atoms with E-state index in [2.05, 4.69) is 20.2 Å². The minimum atomic E-state index is 0.554. The summed E-state index contributed by atoms with van der Waals surface area (Å²) in [6.45, 7) is 5.91. The highest BCUT2D eigenvalue weighted by Gasteiger charge is 2.40. The van der Waals surface area contributed by atoms with Crippen LogP contribution in [0.5, 0.6) is 0 Å². The van der Waals surface area contributed by atoms with Gasteiger partial charge in [0.1, 0.15) is 5.01 Å². The van der Waals surface area contributed by atoms with Crippen LogP contribution in [0, 0.1) is 5.41 Å². The molecule has 4 nitrogen and oxygen atoms in total. The zero-order chi connectivity index (χ0) is 14.1. The van der Waals surface area contributed by atoms with Crippen LogP contribution in [0.15, 0.2) is 30.7 Å². The average molecular weight is 300 g/mol. The van der Waals surface area contributed by atoms with Crippen molar-refractivity contribution in [2.24, 2.45) is 5.41 Å². The van der Waals surface area contributed by atoms with Gasteiger partial charge in [0.2, 0.25) is 0 Å². The van der Waals surface area contributed by atoms with Crippen molar-refractivity contribution in [3.8, 4) is 10.6 Å². The molecule has 2 saturated heterocycles. The molecule has 5 heteroatoms. The summed E-state index contributed by atoms with van der Waals surface area (Å²) in [5.74, 6) is 0. The van der Waals surface area contributed by atoms with Gasteiger partial charge >= 0.3 is 0 Å². The number of pyridine rings is 1. The van der Waals surface area contributed by atoms with E-state index < -0.39 is 0 Å². The van der Waals surface area contributed by atoms with Crippen LogP contribution in [0.25, 0.3) is 10.6 Å². The first-order valence-electron chi connectivity index (χ1n) is 7.61. The molecule has 2 aromatic rings. The van der Waals surface area contributed by atoms with Crippen LogP contribution in [0.4, 0.5) is 0 Å². The van der Waals surface area contributed by atoms with Gasteiger partial charge in [-0.25, -0.2) is 4.98 Å². The van der Waals surface area contributed by atoms with Crippen molar-refractivity contribution in [2.75, 3.05) is 26.2 Å². The Bertz CT molecular complexity index is 604. The van der Waals surface area contributed by atoms with Gasteiger partial charge in [-0.05, 0) is 43.5 Å². The molecule has 0 aromatic carbocycles. The van der Waals surface area contributed by atoms with Crippen LogP contribution in [-0.4, -0.2) is 41.0 Å². The smallest absolute Gasteiger partial charge is 0.123 e. The lowest BCUT2D eigenvalue weighted by molar-refractivity contribution is 0.270. The third-order valence-electron chi connectivity index (χ3n) is 4.71. The first-order chi connectivity index (χ1) is 10.3. The van der Waals surface area contributed by atoms with Gasteiger partial charge in [0, 0.05) is 48.7 Å². The summed E-state index contributed by atoms with van der Waals surface area (Å²) < 4.78 is 0. The van der Waals surface area contributed by atoms with Crippen molar-refractivity contribution in [3.05, 3.63) is 35.6 Å². The molecule has 0 radical (unpaired) electrons. The number of hydrogen-bond donors (Lipinski definition) is 1. The number of likely N-dealkylation sites (tertiary alicyclic amines) is 1. The molecule has 4 heterocycles. The molecular weight excluding hydrogens is 280 g/mol. The van der Waals surface area contributed by atoms with Crippen LogP contribution in [0.2, 0.25) is 0 Å². The maximum absolute atomic E-state index is 4.57. The predicted octanol–water partition coefficient (Wildman–Crippen LogP) is 2.39. The van der Waals surface area contributed by atoms with Crippen molar-refractivity contribution in [3.63, 3.8) is 0 Å². The zero-order valence-electron chi connectivity index (χ0n) is 12.1. The molecule has 2 aliphatic rings. The molecule has 0 aliphatic carbocycles. The summed E-state index contributed by atoms with van der Waals surface area (Å²) in [5, 5.41) is 4.62. The van der Waals surface area contributed by atoms with Crippen molar-refractivity contribution in [1.29, 1.82) is 0 Å². The molecule has 2 aliphatic heterocycles. The Hall–Kier alpha value is -1.30. The predicted molar refractivity (Wildman–Crippen MR) is 85.2 cm³/mol. The van der Waals surface area contributed by atoms with Crippen molar-refractivity contribution in [1.82, 2.24) is 20.2 Å². The number of nitrogens with one attached hydrogen (secondary N) is 1. The number of thiazole rings is 1. The minimum Gasteiger partial charge on any atom is -0.316 e. The average Bonchev–Trinajstić information content (AvgIpc) is 3.24. The Morgan fingerprint density at radius 2 is 2.19 bits per heavy atom. The Kier molecular flexibility index (Phi) is 3.49. The van der Waals surface area contributed by atoms with Gasteiger partial charge in [-0.3, -0.25) is 9.88 Å². The summed E-state index contributed by atoms with van der Waals surface area (Å²) in [6, 6.07) is 4.05. The van der Waals surface area contributed by atoms with E-state index in [1.807, 2.05) is 42.1 Å². The van der Waals surface area contributed by atoms with Crippen LogP contribution in [0.3, 0.4) is 0 Å². The highest BCUT2D eigenvalue weighted by Crippen LogP contribution is 2.37. The molecule has 0 bridgehead atoms. The van der Waals surface area contributed by atoms with E-state index in [9.17, 15) is 0 Å². The number of hydrogen-bond acceptors (Lipinski definition) is 5. The van der Waals surface area contributed by atoms with E-state index in [1.165, 1.54) is 49.5 Å². The number of nitrogens with zero attached hydrogens (tertiary/aromatic N) is 3. The van der Waals surface area contributed by atoms with Crippen LogP contribution < -0.4 is 5.32 Å². The van der Waals surface area contributed by atoms with Gasteiger partial charge in [-0.2, -0.15) is 0 Å². The van der Waals surface area contributed by atoms with E-state index in [0.717, 1.165) is 11.6 Å². The maximum atomic E-state index is 4.57. The zero-order valence-corrected chi connectivity index (χ0v) is 12.9. The van der Waals surface area contributed by atoms with Crippen LogP contribution >= 0.6 is 11.3 Å². The minimum absolute atomic E-state index is 0.554. The van der Waals surface area contributed by atoms with Crippen LogP contribution in [0.1, 0.15) is 17.7 Å². The number of rotatable bonds is 3. The largest absolute Gasteiger partial charge is 0.316 e. The molecule has 1 spiro atoms. The molecule has 1 atom stereocenters. The lowest BCUT2D eigenvalue weighted by Crippen LogP contribution is -2.28. The lowest BCUT2D eigenvalue weighted by Gasteiger charge is -2.22. The van der Waals surface area contributed by atoms with E-state index >= 15 is 0 Å². The van der Waals surface area contributed by atoms with Crippen molar-refractivity contribution in [2.45, 2.75) is 19.4 Å². The molecule has 4 rings (SSSR count). The second-order valence-corrected chi connectivity index (χ2v) is 7.37. The molecule has 1 N–H and O–H groups in total. The van der Waals surface area contributed by atoms with E-state index in [4.69, 9.17) is 0 Å². The Balaban J connectivity index is 1.43. The monoisotopic (exact) mass is 300 g/mol. The fourth-order valence-corrected chi connectivity index (χ4v) is 4.50. The Morgan fingerprint density at radius 1 is 1.29 bits per heavy atom. The van der Waals surface area contributed by atoms with Gasteiger partial charge in [-0.1, -0.05) is 0 Å². The number of aromatic nitrogens is 2. The molecule has 110 valence electrons. The highest BCUT2D eigenvalue weighted by atomic mass is 32.1. The fraction of sp³-hybridized carbons (Fsp3) is 0.500. The summed E-state index contributed by atoms with van der Waals surface area (Å²) in [5.41, 5.74) is 1.72. The molecule has 2 fully saturated rings. The first kappa shape index (κ1) is 13.4. The standard InChI is InChI=1S/C16H20N4S/c1-5-17-6-2-13(1)15-19-9-14(21-15)10-20-8-4-16(12-20)3-7-18-11-16/h1-2,5-6,9,18H,3-4,7-8,10-12H2. The van der Waals surface area contributed by atoms with Gasteiger partial charge in [0.15, 0.2) is 0 Å². The summed E-state index contributed by atoms with van der Waals surface area (Å²) in [7, 11) is 0. The topological polar surface area (TPSA) is 41.1 Å². The van der Waals surface area contributed by atoms with Gasteiger partial charge in [-0.15, -0.1) is 11.3 Å². The van der Waals surface area contributed by atoms with E-state index in [1.54, 1.807) is 0 Å². The Morgan fingerprint density at radius 3 is 3.00 bits per heavy atom. The quantitative estimate of drug-likeness (QED) is 0.945. The van der Waals surface area contributed by atoms with Gasteiger partial charge in [0.05, 0.1) is 0 Å². The van der Waals surface area contributed by atoms with E-state index in [0.29, 0.717) is 5.41 Å². The second kappa shape index (κ2) is 5.48. The Labute approximate surface area is 129 Å². The molecule has 2 aromatic heterocycles. The molecular formula is C16H20N4S. The third kappa shape index (κ3) is 2.73.